The van der Waals surface area contributed by atoms with Crippen LogP contribution in [0.2, 0.25) is 0 Å². The zero-order chi connectivity index (χ0) is 12.0. The summed E-state index contributed by atoms with van der Waals surface area (Å²) < 4.78 is 18.0. The minimum atomic E-state index is -0.403. The zero-order valence-corrected chi connectivity index (χ0v) is 9.07. The predicted octanol–water partition coefficient (Wildman–Crippen LogP) is 2.37. The van der Waals surface area contributed by atoms with Crippen LogP contribution in [0.15, 0.2) is 24.3 Å². The first-order valence-corrected chi connectivity index (χ1v) is 5.01. The molecule has 0 spiro atoms. The Morgan fingerprint density at radius 2 is 2.31 bits per heavy atom. The van der Waals surface area contributed by atoms with Crippen LogP contribution in [-0.4, -0.2) is 12.6 Å². The van der Waals surface area contributed by atoms with Gasteiger partial charge in [0.05, 0.1) is 13.0 Å². The molecule has 0 amide bonds. The minimum absolute atomic E-state index is 0.113. The first-order chi connectivity index (χ1) is 7.65. The Morgan fingerprint density at radius 1 is 1.56 bits per heavy atom. The van der Waals surface area contributed by atoms with Crippen LogP contribution in [0.5, 0.6) is 0 Å². The van der Waals surface area contributed by atoms with E-state index in [-0.39, 0.29) is 12.4 Å². The molecule has 0 aliphatic carbocycles. The largest absolute Gasteiger partial charge is 0.466 e. The highest BCUT2D eigenvalue weighted by Crippen LogP contribution is 2.17. The first-order valence-electron chi connectivity index (χ1n) is 5.01. The number of rotatable bonds is 4. The number of ether oxygens (including phenoxy) is 1. The molecule has 2 N–H and O–H groups in total. The maximum atomic E-state index is 13.3. The van der Waals surface area contributed by atoms with Crippen molar-refractivity contribution >= 4 is 17.7 Å². The van der Waals surface area contributed by atoms with Gasteiger partial charge in [-0.3, -0.25) is 4.79 Å². The summed E-state index contributed by atoms with van der Waals surface area (Å²) in [6.45, 7) is 2.07. The summed E-state index contributed by atoms with van der Waals surface area (Å²) in [4.78, 5) is 11.0. The fourth-order valence-corrected chi connectivity index (χ4v) is 1.22. The van der Waals surface area contributed by atoms with Crippen LogP contribution < -0.4 is 5.73 Å². The topological polar surface area (TPSA) is 52.3 Å². The van der Waals surface area contributed by atoms with Crippen molar-refractivity contribution in [2.75, 3.05) is 12.3 Å². The number of halogens is 1. The Morgan fingerprint density at radius 3 is 2.94 bits per heavy atom. The molecule has 0 saturated carbocycles. The quantitative estimate of drug-likeness (QED) is 0.629. The molecule has 0 atom stereocenters. The maximum absolute atomic E-state index is 13.3. The van der Waals surface area contributed by atoms with Crippen molar-refractivity contribution in [1.29, 1.82) is 0 Å². The lowest BCUT2D eigenvalue weighted by Gasteiger charge is -2.01. The molecule has 0 saturated heterocycles. The number of hydrogen-bond acceptors (Lipinski definition) is 3. The lowest BCUT2D eigenvalue weighted by Crippen LogP contribution is -2.01. The molecule has 4 heteroatoms. The molecular formula is C12H14FNO2. The van der Waals surface area contributed by atoms with Crippen molar-refractivity contribution in [2.24, 2.45) is 0 Å². The number of nitrogen functional groups attached to an aromatic ring is 1. The zero-order valence-electron chi connectivity index (χ0n) is 9.07. The van der Waals surface area contributed by atoms with Crippen molar-refractivity contribution in [3.05, 3.63) is 35.7 Å². The van der Waals surface area contributed by atoms with Crippen LogP contribution in [-0.2, 0) is 9.53 Å². The van der Waals surface area contributed by atoms with Crippen molar-refractivity contribution in [1.82, 2.24) is 0 Å². The van der Waals surface area contributed by atoms with Gasteiger partial charge < -0.3 is 10.5 Å². The molecule has 0 aliphatic heterocycles. The van der Waals surface area contributed by atoms with Crippen LogP contribution in [0.25, 0.3) is 6.08 Å². The van der Waals surface area contributed by atoms with Crippen LogP contribution >= 0.6 is 0 Å². The third-order valence-electron chi connectivity index (χ3n) is 1.96. The van der Waals surface area contributed by atoms with Gasteiger partial charge in [0.25, 0.3) is 0 Å². The monoisotopic (exact) mass is 223 g/mol. The summed E-state index contributed by atoms with van der Waals surface area (Å²) in [5.74, 6) is -0.742. The second-order valence-electron chi connectivity index (χ2n) is 3.15. The first kappa shape index (κ1) is 12.2. The lowest BCUT2D eigenvalue weighted by atomic mass is 10.1. The van der Waals surface area contributed by atoms with Gasteiger partial charge in [0.2, 0.25) is 0 Å². The summed E-state index contributed by atoms with van der Waals surface area (Å²) in [6.07, 6.45) is 3.13. The van der Waals surface area contributed by atoms with E-state index in [2.05, 4.69) is 0 Å². The average Bonchev–Trinajstić information content (AvgIpc) is 2.23. The van der Waals surface area contributed by atoms with Gasteiger partial charge in [-0.1, -0.05) is 18.2 Å². The van der Waals surface area contributed by atoms with Gasteiger partial charge in [0.15, 0.2) is 0 Å². The Balaban J connectivity index is 2.66. The highest BCUT2D eigenvalue weighted by atomic mass is 19.1. The van der Waals surface area contributed by atoms with E-state index in [9.17, 15) is 9.18 Å². The van der Waals surface area contributed by atoms with Crippen molar-refractivity contribution in [2.45, 2.75) is 13.3 Å². The molecular weight excluding hydrogens is 209 g/mol. The fourth-order valence-electron chi connectivity index (χ4n) is 1.22. The van der Waals surface area contributed by atoms with Gasteiger partial charge in [0, 0.05) is 11.3 Å². The van der Waals surface area contributed by atoms with E-state index < -0.39 is 5.82 Å². The molecule has 16 heavy (non-hydrogen) atoms. The third-order valence-corrected chi connectivity index (χ3v) is 1.96. The van der Waals surface area contributed by atoms with Crippen LogP contribution in [0, 0.1) is 5.82 Å². The van der Waals surface area contributed by atoms with E-state index >= 15 is 0 Å². The van der Waals surface area contributed by atoms with Crippen LogP contribution in [0.3, 0.4) is 0 Å². The molecule has 0 aromatic heterocycles. The maximum Gasteiger partial charge on any atom is 0.309 e. The molecule has 1 rings (SSSR count). The predicted molar refractivity (Wildman–Crippen MR) is 61.1 cm³/mol. The third kappa shape index (κ3) is 3.38. The van der Waals surface area contributed by atoms with Crippen molar-refractivity contribution < 1.29 is 13.9 Å². The van der Waals surface area contributed by atoms with Crippen molar-refractivity contribution in [3.63, 3.8) is 0 Å². The number of carbonyl (C=O) groups is 1. The second kappa shape index (κ2) is 5.90. The average molecular weight is 223 g/mol. The van der Waals surface area contributed by atoms with Gasteiger partial charge in [0.1, 0.15) is 5.82 Å². The molecule has 0 radical (unpaired) electrons. The number of carbonyl (C=O) groups excluding carboxylic acids is 1. The van der Waals surface area contributed by atoms with Gasteiger partial charge in [-0.2, -0.15) is 0 Å². The van der Waals surface area contributed by atoms with Gasteiger partial charge in [-0.15, -0.1) is 0 Å². The van der Waals surface area contributed by atoms with Crippen LogP contribution in [0.4, 0.5) is 10.1 Å². The minimum Gasteiger partial charge on any atom is -0.466 e. The molecule has 0 fully saturated rings. The molecule has 1 aromatic carbocycles. The van der Waals surface area contributed by atoms with E-state index in [0.29, 0.717) is 17.9 Å². The Labute approximate surface area is 93.7 Å². The molecule has 0 bridgehead atoms. The summed E-state index contributed by atoms with van der Waals surface area (Å²) in [5, 5.41) is 0. The summed E-state index contributed by atoms with van der Waals surface area (Å²) in [6, 6.07) is 4.46. The normalized spacial score (nSPS) is 10.6. The number of hydrogen-bond donors (Lipinski definition) is 1. The summed E-state index contributed by atoms with van der Waals surface area (Å²) in [5.41, 5.74) is 6.23. The molecule has 3 nitrogen and oxygen atoms in total. The Hall–Kier alpha value is -1.84. The lowest BCUT2D eigenvalue weighted by molar-refractivity contribution is -0.142. The highest BCUT2D eigenvalue weighted by molar-refractivity contribution is 5.74. The highest BCUT2D eigenvalue weighted by Gasteiger charge is 2.02. The van der Waals surface area contributed by atoms with E-state index in [1.54, 1.807) is 13.0 Å². The summed E-state index contributed by atoms with van der Waals surface area (Å²) in [7, 11) is 0. The summed E-state index contributed by atoms with van der Waals surface area (Å²) >= 11 is 0. The SMILES string of the molecule is CCOC(=O)CC=Cc1c(N)cccc1F. The number of benzene rings is 1. The van der Waals surface area contributed by atoms with E-state index in [1.165, 1.54) is 24.3 Å². The van der Waals surface area contributed by atoms with E-state index in [0.717, 1.165) is 0 Å². The second-order valence-corrected chi connectivity index (χ2v) is 3.15. The molecule has 0 unspecified atom stereocenters. The number of nitrogens with two attached hydrogens (primary N) is 1. The molecule has 0 aliphatic rings. The molecule has 86 valence electrons. The molecule has 1 aromatic rings. The number of esters is 1. The Bertz CT molecular complexity index is 382. The van der Waals surface area contributed by atoms with Gasteiger partial charge in [-0.25, -0.2) is 4.39 Å². The van der Waals surface area contributed by atoms with Crippen LogP contribution in [0.1, 0.15) is 18.9 Å². The standard InChI is InChI=1S/C12H14FNO2/c1-2-16-12(15)8-3-5-9-10(13)6-4-7-11(9)14/h3-7H,2,8,14H2,1H3. The fraction of sp³-hybridized carbons (Fsp3) is 0.250. The smallest absolute Gasteiger partial charge is 0.309 e. The van der Waals surface area contributed by atoms with E-state index in [4.69, 9.17) is 10.5 Å². The van der Waals surface area contributed by atoms with E-state index in [1.807, 2.05) is 0 Å². The Kier molecular flexibility index (Phi) is 4.51. The van der Waals surface area contributed by atoms with Crippen molar-refractivity contribution in [3.8, 4) is 0 Å². The van der Waals surface area contributed by atoms with Gasteiger partial charge >= 0.3 is 5.97 Å². The number of anilines is 1. The molecule has 0 heterocycles. The van der Waals surface area contributed by atoms with Gasteiger partial charge in [-0.05, 0) is 19.1 Å².